The molecule has 0 spiro atoms. The van der Waals surface area contributed by atoms with E-state index in [-0.39, 0.29) is 60.1 Å². The second kappa shape index (κ2) is 23.0. The van der Waals surface area contributed by atoms with Crippen molar-refractivity contribution in [1.29, 1.82) is 0 Å². The van der Waals surface area contributed by atoms with Crippen LogP contribution >= 0.6 is 23.2 Å². The monoisotopic (exact) mass is 1070 g/mol. The van der Waals surface area contributed by atoms with Crippen molar-refractivity contribution in [2.45, 2.75) is 103 Å². The number of anilines is 2. The summed E-state index contributed by atoms with van der Waals surface area (Å²) >= 11 is 12.7. The zero-order chi connectivity index (χ0) is 52.8. The largest absolute Gasteiger partial charge is 0.476 e. The van der Waals surface area contributed by atoms with Crippen molar-refractivity contribution in [2.24, 2.45) is 0 Å². The van der Waals surface area contributed by atoms with Gasteiger partial charge in [-0.25, -0.2) is 14.4 Å². The van der Waals surface area contributed by atoms with Crippen LogP contribution in [0.1, 0.15) is 110 Å². The normalized spacial score (nSPS) is 16.8. The van der Waals surface area contributed by atoms with Crippen LogP contribution in [0.25, 0.3) is 0 Å². The summed E-state index contributed by atoms with van der Waals surface area (Å²) in [5.41, 5.74) is 0.374. The van der Waals surface area contributed by atoms with Crippen molar-refractivity contribution >= 4 is 79.7 Å². The number of nitrogens with zero attached hydrogens (tertiary/aromatic N) is 8. The number of alkyl carbamates (subject to hydrolysis) is 2. The average Bonchev–Trinajstić information content (AvgIpc) is 3.84. The summed E-state index contributed by atoms with van der Waals surface area (Å²) in [6.45, 7) is 12.2. The van der Waals surface area contributed by atoms with E-state index in [1.54, 1.807) is 82.8 Å². The number of carboxylic acids is 1. The molecule has 2 atom stereocenters. The van der Waals surface area contributed by atoms with Crippen LogP contribution in [-0.4, -0.2) is 151 Å². The maximum absolute atomic E-state index is 13.2. The SMILES string of the molecule is CN(C)S(=O)(=O)n1nc(C(=O)O)c(Cc2ccccc2Cl)c1N1CCC[C@@H](NC(=O)OC(C)(C)C)C1.CN(C)S(=O)(=O)n1nc(C=O)c(Cc2ccccc2Cl)c1N1CCC[C@@H](NC(=O)OC(C)(C)C)C1. The molecule has 0 radical (unpaired) electrons. The van der Waals surface area contributed by atoms with Gasteiger partial charge in [0, 0.05) is 100 Å². The highest BCUT2D eigenvalue weighted by atomic mass is 35.5. The van der Waals surface area contributed by atoms with Crippen molar-refractivity contribution < 1.29 is 50.6 Å². The molecule has 4 aromatic rings. The molecule has 4 heterocycles. The Morgan fingerprint density at radius 1 is 0.704 bits per heavy atom. The predicted octanol–water partition coefficient (Wildman–Crippen LogP) is 6.06. The van der Waals surface area contributed by atoms with Crippen LogP contribution in [0.3, 0.4) is 0 Å². The average molecular weight is 1070 g/mol. The van der Waals surface area contributed by atoms with Crippen molar-refractivity contribution in [3.8, 4) is 0 Å². The maximum atomic E-state index is 13.2. The Kier molecular flexibility index (Phi) is 18.3. The fourth-order valence-electron chi connectivity index (χ4n) is 7.90. The third kappa shape index (κ3) is 14.4. The van der Waals surface area contributed by atoms with E-state index in [4.69, 9.17) is 32.7 Å². The summed E-state index contributed by atoms with van der Waals surface area (Å²) in [7, 11) is -2.72. The van der Waals surface area contributed by atoms with Crippen molar-refractivity contribution in [2.75, 3.05) is 64.2 Å². The van der Waals surface area contributed by atoms with Crippen LogP contribution < -0.4 is 20.4 Å². The first-order valence-corrected chi connectivity index (χ1v) is 26.3. The van der Waals surface area contributed by atoms with Crippen LogP contribution in [0.15, 0.2) is 48.5 Å². The molecule has 25 heteroatoms. The highest BCUT2D eigenvalue weighted by molar-refractivity contribution is 7.87. The van der Waals surface area contributed by atoms with Crippen molar-refractivity contribution in [3.63, 3.8) is 0 Å². The highest BCUT2D eigenvalue weighted by Gasteiger charge is 2.37. The molecule has 2 aliphatic heterocycles. The Balaban J connectivity index is 0.000000264. The Morgan fingerprint density at radius 2 is 1.10 bits per heavy atom. The minimum atomic E-state index is -4.17. The van der Waals surface area contributed by atoms with E-state index in [1.807, 2.05) is 17.0 Å². The lowest BCUT2D eigenvalue weighted by Gasteiger charge is -2.35. The highest BCUT2D eigenvalue weighted by Crippen LogP contribution is 2.35. The predicted molar refractivity (Wildman–Crippen MR) is 271 cm³/mol. The zero-order valence-corrected chi connectivity index (χ0v) is 44.7. The van der Waals surface area contributed by atoms with E-state index in [9.17, 15) is 41.1 Å². The number of piperidine rings is 2. The first-order chi connectivity index (χ1) is 33.0. The summed E-state index contributed by atoms with van der Waals surface area (Å²) in [4.78, 5) is 52.5. The molecule has 21 nitrogen and oxygen atoms in total. The second-order valence-electron chi connectivity index (χ2n) is 19.4. The summed E-state index contributed by atoms with van der Waals surface area (Å²) < 4.78 is 67.2. The Morgan fingerprint density at radius 3 is 1.48 bits per heavy atom. The summed E-state index contributed by atoms with van der Waals surface area (Å²) in [6.07, 6.45) is 2.37. The molecule has 0 unspecified atom stereocenters. The lowest BCUT2D eigenvalue weighted by Crippen LogP contribution is -2.50. The smallest absolute Gasteiger partial charge is 0.407 e. The van der Waals surface area contributed by atoms with Gasteiger partial charge in [0.2, 0.25) is 0 Å². The van der Waals surface area contributed by atoms with E-state index >= 15 is 0 Å². The number of rotatable bonds is 14. The van der Waals surface area contributed by atoms with Crippen LogP contribution in [0, 0.1) is 0 Å². The van der Waals surface area contributed by atoms with Gasteiger partial charge in [0.05, 0.1) is 0 Å². The molecular weight excluding hydrogens is 1000 g/mol. The molecule has 0 aliphatic carbocycles. The fraction of sp³-hybridized carbons (Fsp3) is 0.522. The number of aromatic nitrogens is 4. The van der Waals surface area contributed by atoms with Crippen molar-refractivity contribution in [3.05, 3.63) is 92.2 Å². The third-order valence-electron chi connectivity index (χ3n) is 11.1. The quantitative estimate of drug-likeness (QED) is 0.121. The number of aromatic carboxylic acids is 1. The van der Waals surface area contributed by atoms with Crippen LogP contribution in [0.4, 0.5) is 21.2 Å². The van der Waals surface area contributed by atoms with Crippen LogP contribution in [0.2, 0.25) is 10.0 Å². The number of nitrogens with one attached hydrogen (secondary N) is 2. The molecule has 390 valence electrons. The number of halogens is 2. The summed E-state index contributed by atoms with van der Waals surface area (Å²) in [6, 6.07) is 13.5. The first-order valence-electron chi connectivity index (χ1n) is 22.8. The minimum Gasteiger partial charge on any atom is -0.476 e. The van der Waals surface area contributed by atoms with Gasteiger partial charge in [-0.1, -0.05) is 59.6 Å². The lowest BCUT2D eigenvalue weighted by molar-refractivity contribution is 0.0488. The maximum Gasteiger partial charge on any atom is 0.407 e. The van der Waals surface area contributed by atoms with Crippen molar-refractivity contribution in [1.82, 2.24) is 37.6 Å². The fourth-order valence-corrected chi connectivity index (χ4v) is 10.2. The number of carbonyl (C=O) groups is 4. The second-order valence-corrected chi connectivity index (χ2v) is 24.2. The number of aldehydes is 1. The van der Waals surface area contributed by atoms with Gasteiger partial charge >= 0.3 is 38.6 Å². The number of ether oxygens (including phenoxy) is 2. The molecule has 2 saturated heterocycles. The number of benzene rings is 2. The zero-order valence-electron chi connectivity index (χ0n) is 41.6. The first kappa shape index (κ1) is 56.5. The molecule has 0 bridgehead atoms. The molecule has 6 rings (SSSR count). The third-order valence-corrected chi connectivity index (χ3v) is 15.1. The van der Waals surface area contributed by atoms with Gasteiger partial charge in [0.25, 0.3) is 0 Å². The Bertz CT molecular complexity index is 2800. The van der Waals surface area contributed by atoms with E-state index < -0.39 is 49.8 Å². The van der Waals surface area contributed by atoms with Gasteiger partial charge in [-0.15, -0.1) is 13.3 Å². The number of amides is 2. The van der Waals surface area contributed by atoms with E-state index in [0.29, 0.717) is 72.8 Å². The van der Waals surface area contributed by atoms with E-state index in [0.717, 1.165) is 22.3 Å². The minimum absolute atomic E-state index is 0.0209. The van der Waals surface area contributed by atoms with Gasteiger partial charge in [-0.05, 0) is 90.5 Å². The van der Waals surface area contributed by atoms with Crippen LogP contribution in [0.5, 0.6) is 0 Å². The van der Waals surface area contributed by atoms with Gasteiger partial charge < -0.3 is 35.0 Å². The molecule has 3 N–H and O–H groups in total. The summed E-state index contributed by atoms with van der Waals surface area (Å²) in [5, 5.41) is 24.8. The molecular formula is C46H64Cl2N10O11S2. The van der Waals surface area contributed by atoms with Gasteiger partial charge in [-0.3, -0.25) is 4.79 Å². The number of hydrogen-bond acceptors (Lipinski definition) is 14. The number of carbonyl (C=O) groups excluding carboxylic acids is 3. The molecule has 2 aromatic heterocycles. The number of hydrogen-bond donors (Lipinski definition) is 3. The molecule has 2 aliphatic rings. The Hall–Kier alpha value is -5.46. The van der Waals surface area contributed by atoms with Gasteiger partial charge in [-0.2, -0.15) is 30.5 Å². The van der Waals surface area contributed by atoms with Crippen LogP contribution in [-0.2, 0) is 42.7 Å². The number of carboxylic acid groups (broad SMARTS) is 1. The summed E-state index contributed by atoms with van der Waals surface area (Å²) in [5.74, 6) is -0.931. The molecule has 2 fully saturated rings. The van der Waals surface area contributed by atoms with E-state index in [1.165, 1.54) is 28.2 Å². The lowest BCUT2D eigenvalue weighted by atomic mass is 10.0. The topological polar surface area (TPSA) is 248 Å². The molecule has 71 heavy (non-hydrogen) atoms. The van der Waals surface area contributed by atoms with Gasteiger partial charge in [0.15, 0.2) is 12.0 Å². The standard InChI is InChI=1S/C23H32ClN5O6S.C23H32ClN5O5S/c1-23(2,3)35-22(32)25-16-10-8-12-28(14-16)20-17(13-15-9-6-7-11-18(15)24)19(21(30)31)26-29(20)36(33,34)27(4)5;1-23(2,3)34-22(31)25-17-10-8-12-28(14-17)21-18(13-16-9-6-7-11-19(16)24)20(15-30)26-29(21)35(32,33)27(4)5/h6-7,9,11,16H,8,10,12-14H2,1-5H3,(H,25,32)(H,30,31);6-7,9,11,15,17H,8,10,12-14H2,1-5H3,(H,25,31)/t16-;17-/m11/s1. The molecule has 0 saturated carbocycles. The molecule has 2 aromatic carbocycles. The molecule has 2 amide bonds. The van der Waals surface area contributed by atoms with Gasteiger partial charge in [0.1, 0.15) is 28.5 Å². The van der Waals surface area contributed by atoms with E-state index in [2.05, 4.69) is 20.8 Å². The Labute approximate surface area is 425 Å².